The topological polar surface area (TPSA) is 38.5 Å². The van der Waals surface area contributed by atoms with Crippen molar-refractivity contribution in [1.82, 2.24) is 4.90 Å². The van der Waals surface area contributed by atoms with Gasteiger partial charge in [-0.2, -0.15) is 0 Å². The molecule has 0 spiro atoms. The van der Waals surface area contributed by atoms with Gasteiger partial charge in [0.2, 0.25) is 0 Å². The predicted octanol–water partition coefficient (Wildman–Crippen LogP) is 0.198. The van der Waals surface area contributed by atoms with Gasteiger partial charge in [-0.3, -0.25) is 4.90 Å². The highest BCUT2D eigenvalue weighted by Gasteiger charge is 2.31. The Morgan fingerprint density at radius 2 is 2.33 bits per heavy atom. The van der Waals surface area contributed by atoms with Crippen LogP contribution in [0.15, 0.2) is 0 Å². The van der Waals surface area contributed by atoms with Gasteiger partial charge in [-0.15, -0.1) is 0 Å². The summed E-state index contributed by atoms with van der Waals surface area (Å²) in [6.45, 7) is 3.92. The van der Waals surface area contributed by atoms with E-state index in [4.69, 9.17) is 10.5 Å². The molecule has 0 bridgehead atoms. The number of likely N-dealkylation sites (tertiary alicyclic amines) is 1. The van der Waals surface area contributed by atoms with Crippen molar-refractivity contribution in [3.8, 4) is 0 Å². The zero-order valence-corrected chi connectivity index (χ0v) is 7.54. The summed E-state index contributed by atoms with van der Waals surface area (Å²) < 4.78 is 5.38. The van der Waals surface area contributed by atoms with Crippen molar-refractivity contribution in [2.24, 2.45) is 5.73 Å². The Morgan fingerprint density at radius 1 is 1.42 bits per heavy atom. The molecule has 2 atom stereocenters. The second-order valence-corrected chi connectivity index (χ2v) is 3.79. The summed E-state index contributed by atoms with van der Waals surface area (Å²) in [4.78, 5) is 2.55. The van der Waals surface area contributed by atoms with Crippen molar-refractivity contribution < 1.29 is 4.74 Å². The van der Waals surface area contributed by atoms with Crippen LogP contribution in [0.3, 0.4) is 0 Å². The standard InChI is InChI=1S/C9H18N2O/c10-6-8-2-1-4-11(8)9-3-5-12-7-9/h8-9H,1-7,10H2. The summed E-state index contributed by atoms with van der Waals surface area (Å²) in [5, 5.41) is 0. The summed E-state index contributed by atoms with van der Waals surface area (Å²) in [7, 11) is 0. The van der Waals surface area contributed by atoms with Gasteiger partial charge in [0.05, 0.1) is 6.61 Å². The Balaban J connectivity index is 1.92. The van der Waals surface area contributed by atoms with Crippen LogP contribution in [0, 0.1) is 0 Å². The molecule has 2 saturated heterocycles. The molecule has 3 heteroatoms. The van der Waals surface area contributed by atoms with E-state index in [0.29, 0.717) is 12.1 Å². The van der Waals surface area contributed by atoms with Gasteiger partial charge in [0, 0.05) is 25.2 Å². The van der Waals surface area contributed by atoms with E-state index in [1.54, 1.807) is 0 Å². The highest BCUT2D eigenvalue weighted by atomic mass is 16.5. The molecule has 0 aliphatic carbocycles. The molecular weight excluding hydrogens is 152 g/mol. The van der Waals surface area contributed by atoms with Crippen molar-refractivity contribution >= 4 is 0 Å². The first-order valence-corrected chi connectivity index (χ1v) is 4.95. The number of hydrogen-bond acceptors (Lipinski definition) is 3. The SMILES string of the molecule is NCC1CCCN1C1CCOC1. The Kier molecular flexibility index (Phi) is 2.63. The highest BCUT2D eigenvalue weighted by molar-refractivity contribution is 4.86. The molecule has 12 heavy (non-hydrogen) atoms. The Bertz CT molecular complexity index is 145. The van der Waals surface area contributed by atoms with E-state index in [-0.39, 0.29) is 0 Å². The van der Waals surface area contributed by atoms with E-state index in [0.717, 1.165) is 19.8 Å². The Morgan fingerprint density at radius 3 is 3.00 bits per heavy atom. The minimum atomic E-state index is 0.636. The average molecular weight is 170 g/mol. The van der Waals surface area contributed by atoms with Crippen molar-refractivity contribution in [2.45, 2.75) is 31.3 Å². The molecule has 2 rings (SSSR count). The molecule has 2 N–H and O–H groups in total. The first-order chi connectivity index (χ1) is 5.92. The van der Waals surface area contributed by atoms with E-state index < -0.39 is 0 Å². The van der Waals surface area contributed by atoms with Gasteiger partial charge in [-0.05, 0) is 25.8 Å². The summed E-state index contributed by atoms with van der Waals surface area (Å²) >= 11 is 0. The average Bonchev–Trinajstić information content (AvgIpc) is 2.74. The molecule has 2 heterocycles. The fourth-order valence-electron chi connectivity index (χ4n) is 2.38. The number of ether oxygens (including phenoxy) is 1. The normalized spacial score (nSPS) is 37.8. The number of hydrogen-bond donors (Lipinski definition) is 1. The Hall–Kier alpha value is -0.120. The lowest BCUT2D eigenvalue weighted by atomic mass is 10.1. The largest absolute Gasteiger partial charge is 0.380 e. The second kappa shape index (κ2) is 3.73. The van der Waals surface area contributed by atoms with Gasteiger partial charge in [0.15, 0.2) is 0 Å². The molecule has 0 aromatic rings. The van der Waals surface area contributed by atoms with Gasteiger partial charge in [0.25, 0.3) is 0 Å². The number of nitrogens with zero attached hydrogens (tertiary/aromatic N) is 1. The third-order valence-corrected chi connectivity index (χ3v) is 3.07. The van der Waals surface area contributed by atoms with Crippen molar-refractivity contribution in [3.63, 3.8) is 0 Å². The van der Waals surface area contributed by atoms with Crippen LogP contribution in [0.25, 0.3) is 0 Å². The molecule has 0 amide bonds. The second-order valence-electron chi connectivity index (χ2n) is 3.79. The lowest BCUT2D eigenvalue weighted by Gasteiger charge is -2.28. The monoisotopic (exact) mass is 170 g/mol. The van der Waals surface area contributed by atoms with Gasteiger partial charge in [-0.25, -0.2) is 0 Å². The molecule has 0 radical (unpaired) electrons. The fraction of sp³-hybridized carbons (Fsp3) is 1.00. The Labute approximate surface area is 73.9 Å². The van der Waals surface area contributed by atoms with E-state index in [9.17, 15) is 0 Å². The minimum Gasteiger partial charge on any atom is -0.380 e. The highest BCUT2D eigenvalue weighted by Crippen LogP contribution is 2.23. The zero-order chi connectivity index (χ0) is 8.39. The van der Waals surface area contributed by atoms with Gasteiger partial charge >= 0.3 is 0 Å². The van der Waals surface area contributed by atoms with Gasteiger partial charge in [0.1, 0.15) is 0 Å². The van der Waals surface area contributed by atoms with Crippen LogP contribution in [-0.4, -0.2) is 43.3 Å². The van der Waals surface area contributed by atoms with Crippen LogP contribution in [0.5, 0.6) is 0 Å². The molecule has 0 saturated carbocycles. The molecule has 70 valence electrons. The molecule has 3 nitrogen and oxygen atoms in total. The van der Waals surface area contributed by atoms with Crippen LogP contribution in [0.1, 0.15) is 19.3 Å². The van der Waals surface area contributed by atoms with Gasteiger partial charge < -0.3 is 10.5 Å². The summed E-state index contributed by atoms with van der Waals surface area (Å²) in [5.74, 6) is 0. The van der Waals surface area contributed by atoms with Crippen LogP contribution >= 0.6 is 0 Å². The van der Waals surface area contributed by atoms with E-state index in [2.05, 4.69) is 4.90 Å². The third-order valence-electron chi connectivity index (χ3n) is 3.07. The fourth-order valence-corrected chi connectivity index (χ4v) is 2.38. The molecule has 2 aliphatic heterocycles. The van der Waals surface area contributed by atoms with E-state index in [1.807, 2.05) is 0 Å². The lowest BCUT2D eigenvalue weighted by Crippen LogP contribution is -2.43. The van der Waals surface area contributed by atoms with Crippen LogP contribution in [-0.2, 0) is 4.74 Å². The van der Waals surface area contributed by atoms with Crippen molar-refractivity contribution in [1.29, 1.82) is 0 Å². The summed E-state index contributed by atoms with van der Waals surface area (Å²) in [6.07, 6.45) is 3.81. The quantitative estimate of drug-likeness (QED) is 0.643. The molecular formula is C9H18N2O. The molecule has 2 aliphatic rings. The summed E-state index contributed by atoms with van der Waals surface area (Å²) in [6, 6.07) is 1.30. The lowest BCUT2D eigenvalue weighted by molar-refractivity contribution is 0.137. The van der Waals surface area contributed by atoms with Crippen LogP contribution in [0.4, 0.5) is 0 Å². The minimum absolute atomic E-state index is 0.636. The number of nitrogens with two attached hydrogens (primary N) is 1. The maximum atomic E-state index is 5.71. The molecule has 0 aromatic carbocycles. The zero-order valence-electron chi connectivity index (χ0n) is 7.54. The van der Waals surface area contributed by atoms with Crippen molar-refractivity contribution in [3.05, 3.63) is 0 Å². The summed E-state index contributed by atoms with van der Waals surface area (Å²) in [5.41, 5.74) is 5.71. The number of rotatable bonds is 2. The maximum absolute atomic E-state index is 5.71. The first kappa shape index (κ1) is 8.48. The maximum Gasteiger partial charge on any atom is 0.0622 e. The molecule has 2 fully saturated rings. The van der Waals surface area contributed by atoms with Crippen LogP contribution in [0.2, 0.25) is 0 Å². The smallest absolute Gasteiger partial charge is 0.0622 e. The molecule has 2 unspecified atom stereocenters. The third kappa shape index (κ3) is 1.49. The van der Waals surface area contributed by atoms with E-state index >= 15 is 0 Å². The van der Waals surface area contributed by atoms with Gasteiger partial charge in [-0.1, -0.05) is 0 Å². The van der Waals surface area contributed by atoms with Crippen molar-refractivity contribution in [2.75, 3.05) is 26.3 Å². The first-order valence-electron chi connectivity index (χ1n) is 4.95. The van der Waals surface area contributed by atoms with E-state index in [1.165, 1.54) is 25.8 Å². The van der Waals surface area contributed by atoms with Crippen LogP contribution < -0.4 is 5.73 Å². The molecule has 0 aromatic heterocycles. The predicted molar refractivity (Wildman–Crippen MR) is 48.0 cm³/mol.